The lowest BCUT2D eigenvalue weighted by molar-refractivity contribution is -0.140. The van der Waals surface area contributed by atoms with Crippen LogP contribution in [0.3, 0.4) is 0 Å². The molecule has 0 aliphatic carbocycles. The van der Waals surface area contributed by atoms with Crippen molar-refractivity contribution in [3.63, 3.8) is 0 Å². The second-order valence-corrected chi connectivity index (χ2v) is 2.32. The quantitative estimate of drug-likeness (QED) is 0.666. The van der Waals surface area contributed by atoms with E-state index in [0.29, 0.717) is 0 Å². The number of halogens is 3. The summed E-state index contributed by atoms with van der Waals surface area (Å²) in [5.41, 5.74) is 0. The van der Waals surface area contributed by atoms with Gasteiger partial charge < -0.3 is 10.2 Å². The number of alkyl halides is 3. The van der Waals surface area contributed by atoms with Gasteiger partial charge in [-0.05, 0) is 12.8 Å². The minimum absolute atomic E-state index is 0.0100. The van der Waals surface area contributed by atoms with Gasteiger partial charge >= 0.3 is 6.18 Å². The van der Waals surface area contributed by atoms with Crippen molar-refractivity contribution in [2.75, 3.05) is 6.61 Å². The molecule has 1 atom stereocenters. The van der Waals surface area contributed by atoms with Crippen LogP contribution in [-0.4, -0.2) is 29.1 Å². The van der Waals surface area contributed by atoms with E-state index in [-0.39, 0.29) is 19.4 Å². The van der Waals surface area contributed by atoms with E-state index in [1.54, 1.807) is 0 Å². The number of aliphatic hydroxyl groups is 2. The van der Waals surface area contributed by atoms with Gasteiger partial charge in [-0.2, -0.15) is 13.2 Å². The Morgan fingerprint density at radius 3 is 2.09 bits per heavy atom. The summed E-state index contributed by atoms with van der Waals surface area (Å²) in [5.74, 6) is 0. The van der Waals surface area contributed by atoms with Crippen LogP contribution in [0.15, 0.2) is 0 Å². The number of hydrogen-bond donors (Lipinski definition) is 2. The smallest absolute Gasteiger partial charge is 0.389 e. The van der Waals surface area contributed by atoms with Gasteiger partial charge in [0.05, 0.1) is 6.10 Å². The molecular weight excluding hydrogens is 161 g/mol. The Bertz CT molecular complexity index is 102. The second kappa shape index (κ2) is 4.56. The average molecular weight is 172 g/mol. The van der Waals surface area contributed by atoms with Crippen LogP contribution in [0.1, 0.15) is 19.3 Å². The normalized spacial score (nSPS) is 15.0. The number of hydrogen-bond acceptors (Lipinski definition) is 2. The third kappa shape index (κ3) is 7.61. The SMILES string of the molecule is OCCC(O)CCC(F)(F)F. The van der Waals surface area contributed by atoms with Crippen molar-refractivity contribution < 1.29 is 23.4 Å². The zero-order valence-corrected chi connectivity index (χ0v) is 5.93. The fourth-order valence-electron chi connectivity index (χ4n) is 0.624. The van der Waals surface area contributed by atoms with Gasteiger partial charge in [0, 0.05) is 13.0 Å². The highest BCUT2D eigenvalue weighted by molar-refractivity contribution is 4.58. The predicted octanol–water partition coefficient (Wildman–Crippen LogP) is 1.07. The first-order valence-electron chi connectivity index (χ1n) is 3.31. The predicted molar refractivity (Wildman–Crippen MR) is 33.0 cm³/mol. The molecule has 0 amide bonds. The first-order valence-corrected chi connectivity index (χ1v) is 3.31. The average Bonchev–Trinajstić information content (AvgIpc) is 1.83. The molecule has 0 heterocycles. The van der Waals surface area contributed by atoms with Crippen LogP contribution in [0.4, 0.5) is 13.2 Å². The van der Waals surface area contributed by atoms with Gasteiger partial charge in [-0.15, -0.1) is 0 Å². The van der Waals surface area contributed by atoms with E-state index in [1.807, 2.05) is 0 Å². The van der Waals surface area contributed by atoms with Gasteiger partial charge in [-0.25, -0.2) is 0 Å². The number of aliphatic hydroxyl groups excluding tert-OH is 2. The van der Waals surface area contributed by atoms with Crippen LogP contribution in [0.25, 0.3) is 0 Å². The molecule has 0 radical (unpaired) electrons. The lowest BCUT2D eigenvalue weighted by Crippen LogP contribution is -2.15. The molecule has 0 aromatic rings. The lowest BCUT2D eigenvalue weighted by atomic mass is 10.1. The summed E-state index contributed by atoms with van der Waals surface area (Å²) in [7, 11) is 0. The molecule has 11 heavy (non-hydrogen) atoms. The summed E-state index contributed by atoms with van der Waals surface area (Å²) in [5, 5.41) is 17.0. The molecule has 0 saturated heterocycles. The van der Waals surface area contributed by atoms with Gasteiger partial charge in [0.1, 0.15) is 0 Å². The van der Waals surface area contributed by atoms with E-state index < -0.39 is 18.7 Å². The van der Waals surface area contributed by atoms with Crippen LogP contribution in [0, 0.1) is 0 Å². The molecule has 0 saturated carbocycles. The zero-order valence-electron chi connectivity index (χ0n) is 5.93. The molecule has 1 unspecified atom stereocenters. The van der Waals surface area contributed by atoms with Crippen LogP contribution in [0.2, 0.25) is 0 Å². The van der Waals surface area contributed by atoms with E-state index in [2.05, 4.69) is 0 Å². The molecule has 0 aliphatic rings. The Morgan fingerprint density at radius 2 is 1.73 bits per heavy atom. The molecule has 0 fully saturated rings. The Kier molecular flexibility index (Phi) is 4.44. The fourth-order valence-corrected chi connectivity index (χ4v) is 0.624. The highest BCUT2D eigenvalue weighted by atomic mass is 19.4. The topological polar surface area (TPSA) is 40.5 Å². The van der Waals surface area contributed by atoms with Crippen LogP contribution < -0.4 is 0 Å². The maximum atomic E-state index is 11.5. The van der Waals surface area contributed by atoms with E-state index in [4.69, 9.17) is 10.2 Å². The van der Waals surface area contributed by atoms with E-state index >= 15 is 0 Å². The molecule has 5 heteroatoms. The molecule has 0 aromatic carbocycles. The first kappa shape index (κ1) is 10.7. The van der Waals surface area contributed by atoms with Crippen LogP contribution in [-0.2, 0) is 0 Å². The summed E-state index contributed by atoms with van der Waals surface area (Å²) in [6.07, 6.45) is -6.56. The Labute approximate surface area is 62.6 Å². The summed E-state index contributed by atoms with van der Waals surface area (Å²) in [6, 6.07) is 0. The van der Waals surface area contributed by atoms with E-state index in [0.717, 1.165) is 0 Å². The van der Waals surface area contributed by atoms with Crippen molar-refractivity contribution in [3.05, 3.63) is 0 Å². The van der Waals surface area contributed by atoms with Gasteiger partial charge in [0.25, 0.3) is 0 Å². The summed E-state index contributed by atoms with van der Waals surface area (Å²) in [6.45, 7) is -0.279. The van der Waals surface area contributed by atoms with Crippen LogP contribution in [0.5, 0.6) is 0 Å². The lowest BCUT2D eigenvalue weighted by Gasteiger charge is -2.10. The molecule has 0 bridgehead atoms. The van der Waals surface area contributed by atoms with E-state index in [1.165, 1.54) is 0 Å². The first-order chi connectivity index (χ1) is 4.95. The molecule has 68 valence electrons. The molecule has 0 aliphatic heterocycles. The van der Waals surface area contributed by atoms with Crippen molar-refractivity contribution >= 4 is 0 Å². The number of rotatable bonds is 4. The highest BCUT2D eigenvalue weighted by Crippen LogP contribution is 2.22. The maximum Gasteiger partial charge on any atom is 0.389 e. The third-order valence-electron chi connectivity index (χ3n) is 1.22. The molecule has 2 N–H and O–H groups in total. The van der Waals surface area contributed by atoms with Crippen LogP contribution >= 0.6 is 0 Å². The van der Waals surface area contributed by atoms with Gasteiger partial charge in [-0.1, -0.05) is 0 Å². The Morgan fingerprint density at radius 1 is 1.18 bits per heavy atom. The summed E-state index contributed by atoms with van der Waals surface area (Å²) < 4.78 is 34.4. The third-order valence-corrected chi connectivity index (χ3v) is 1.22. The fraction of sp³-hybridized carbons (Fsp3) is 1.00. The Balaban J connectivity index is 3.38. The van der Waals surface area contributed by atoms with Crippen molar-refractivity contribution in [3.8, 4) is 0 Å². The molecule has 2 nitrogen and oxygen atoms in total. The van der Waals surface area contributed by atoms with Crippen molar-refractivity contribution in [2.45, 2.75) is 31.5 Å². The van der Waals surface area contributed by atoms with Gasteiger partial charge in [-0.3, -0.25) is 0 Å². The minimum atomic E-state index is -4.21. The van der Waals surface area contributed by atoms with E-state index in [9.17, 15) is 13.2 Å². The largest absolute Gasteiger partial charge is 0.396 e. The zero-order chi connectivity index (χ0) is 8.91. The molecule has 0 spiro atoms. The molecule has 0 rings (SSSR count). The standard InChI is InChI=1S/C6H11F3O2/c7-6(8,9)3-1-5(11)2-4-10/h5,10-11H,1-4H2. The molecule has 0 aromatic heterocycles. The van der Waals surface area contributed by atoms with Crippen molar-refractivity contribution in [1.82, 2.24) is 0 Å². The van der Waals surface area contributed by atoms with Gasteiger partial charge in [0.15, 0.2) is 0 Å². The maximum absolute atomic E-state index is 11.5. The van der Waals surface area contributed by atoms with Crippen molar-refractivity contribution in [2.24, 2.45) is 0 Å². The second-order valence-electron chi connectivity index (χ2n) is 2.32. The molecular formula is C6H11F3O2. The summed E-state index contributed by atoms with van der Waals surface area (Å²) >= 11 is 0. The highest BCUT2D eigenvalue weighted by Gasteiger charge is 2.27. The monoisotopic (exact) mass is 172 g/mol. The summed E-state index contributed by atoms with van der Waals surface area (Å²) in [4.78, 5) is 0. The van der Waals surface area contributed by atoms with Gasteiger partial charge in [0.2, 0.25) is 0 Å². The minimum Gasteiger partial charge on any atom is -0.396 e. The van der Waals surface area contributed by atoms with Crippen molar-refractivity contribution in [1.29, 1.82) is 0 Å². The Hall–Kier alpha value is -0.290.